The summed E-state index contributed by atoms with van der Waals surface area (Å²) < 4.78 is 0. The Labute approximate surface area is 61.0 Å². The maximum atomic E-state index is 7.36. The average molecular weight is 143 g/mol. The Balaban J connectivity index is 3.51. The second kappa shape index (κ2) is 4.62. The SMILES string of the molecule is C/C=C\SC(=N)C(C)C. The van der Waals surface area contributed by atoms with Crippen molar-refractivity contribution in [2.75, 3.05) is 0 Å². The van der Waals surface area contributed by atoms with E-state index in [9.17, 15) is 0 Å². The van der Waals surface area contributed by atoms with Crippen LogP contribution in [-0.2, 0) is 0 Å². The first-order chi connectivity index (χ1) is 4.18. The molecule has 0 amide bonds. The third kappa shape index (κ3) is 4.28. The molecule has 0 saturated heterocycles. The van der Waals surface area contributed by atoms with Crippen molar-refractivity contribution < 1.29 is 0 Å². The van der Waals surface area contributed by atoms with E-state index in [0.29, 0.717) is 5.92 Å². The van der Waals surface area contributed by atoms with Crippen molar-refractivity contribution in [3.05, 3.63) is 11.5 Å². The number of hydrogen-bond donors (Lipinski definition) is 1. The van der Waals surface area contributed by atoms with Gasteiger partial charge < -0.3 is 0 Å². The fourth-order valence-corrected chi connectivity index (χ4v) is 0.832. The standard InChI is InChI=1S/C7H13NS/c1-4-5-9-7(8)6(2)3/h4-6,8H,1-3H3/b5-4-,8-7?. The second-order valence-corrected chi connectivity index (χ2v) is 3.05. The summed E-state index contributed by atoms with van der Waals surface area (Å²) in [4.78, 5) is 0. The third-order valence-electron chi connectivity index (χ3n) is 0.855. The molecule has 0 radical (unpaired) electrons. The molecule has 0 aliphatic carbocycles. The highest BCUT2D eigenvalue weighted by Crippen LogP contribution is 2.11. The zero-order chi connectivity index (χ0) is 7.28. The average Bonchev–Trinajstić information content (AvgIpc) is 1.82. The van der Waals surface area contributed by atoms with E-state index >= 15 is 0 Å². The minimum absolute atomic E-state index is 0.367. The molecule has 0 bridgehead atoms. The first-order valence-electron chi connectivity index (χ1n) is 3.04. The van der Waals surface area contributed by atoms with Gasteiger partial charge >= 0.3 is 0 Å². The molecule has 0 fully saturated rings. The van der Waals surface area contributed by atoms with Gasteiger partial charge in [0.25, 0.3) is 0 Å². The molecular formula is C7H13NS. The van der Waals surface area contributed by atoms with Gasteiger partial charge in [0, 0.05) is 5.92 Å². The maximum absolute atomic E-state index is 7.36. The fraction of sp³-hybridized carbons (Fsp3) is 0.571. The molecule has 9 heavy (non-hydrogen) atoms. The lowest BCUT2D eigenvalue weighted by Gasteiger charge is -2.00. The Kier molecular flexibility index (Phi) is 4.50. The summed E-state index contributed by atoms with van der Waals surface area (Å²) in [6.07, 6.45) is 1.95. The van der Waals surface area contributed by atoms with Crippen LogP contribution in [0.1, 0.15) is 20.8 Å². The van der Waals surface area contributed by atoms with Crippen molar-refractivity contribution in [1.82, 2.24) is 0 Å². The maximum Gasteiger partial charge on any atom is 0.0708 e. The molecule has 0 aromatic rings. The van der Waals surface area contributed by atoms with Crippen LogP contribution in [0.25, 0.3) is 0 Å². The molecule has 0 unspecified atom stereocenters. The van der Waals surface area contributed by atoms with E-state index in [2.05, 4.69) is 0 Å². The molecule has 1 N–H and O–H groups in total. The van der Waals surface area contributed by atoms with E-state index in [0.717, 1.165) is 5.04 Å². The molecule has 0 spiro atoms. The van der Waals surface area contributed by atoms with Gasteiger partial charge in [0.15, 0.2) is 0 Å². The quantitative estimate of drug-likeness (QED) is 0.466. The minimum Gasteiger partial charge on any atom is -0.298 e. The normalized spacial score (nSPS) is 11.1. The molecule has 0 rings (SSSR count). The minimum atomic E-state index is 0.367. The molecule has 0 heterocycles. The topological polar surface area (TPSA) is 23.9 Å². The summed E-state index contributed by atoms with van der Waals surface area (Å²) in [5.74, 6) is 0.367. The van der Waals surface area contributed by atoms with Crippen LogP contribution in [0.4, 0.5) is 0 Å². The van der Waals surface area contributed by atoms with Gasteiger partial charge in [0.2, 0.25) is 0 Å². The molecular weight excluding hydrogens is 130 g/mol. The molecule has 2 heteroatoms. The summed E-state index contributed by atoms with van der Waals surface area (Å²) in [6, 6.07) is 0. The van der Waals surface area contributed by atoms with Crippen LogP contribution in [0.3, 0.4) is 0 Å². The second-order valence-electron chi connectivity index (χ2n) is 2.11. The van der Waals surface area contributed by atoms with E-state index in [-0.39, 0.29) is 0 Å². The van der Waals surface area contributed by atoms with Gasteiger partial charge in [-0.05, 0) is 12.3 Å². The van der Waals surface area contributed by atoms with E-state index in [1.165, 1.54) is 11.8 Å². The van der Waals surface area contributed by atoms with Crippen LogP contribution in [0.2, 0.25) is 0 Å². The molecule has 0 aliphatic rings. The molecule has 0 atom stereocenters. The van der Waals surface area contributed by atoms with Crippen molar-refractivity contribution in [3.63, 3.8) is 0 Å². The third-order valence-corrected chi connectivity index (χ3v) is 1.99. The Bertz CT molecular complexity index is 116. The fourth-order valence-electron chi connectivity index (χ4n) is 0.277. The number of hydrogen-bond acceptors (Lipinski definition) is 2. The molecule has 0 aromatic heterocycles. The first kappa shape index (κ1) is 8.76. The van der Waals surface area contributed by atoms with Gasteiger partial charge in [-0.3, -0.25) is 5.41 Å². The van der Waals surface area contributed by atoms with Crippen LogP contribution in [0.15, 0.2) is 11.5 Å². The van der Waals surface area contributed by atoms with E-state index in [1.54, 1.807) is 0 Å². The Morgan fingerprint density at radius 2 is 2.11 bits per heavy atom. The number of allylic oxidation sites excluding steroid dienone is 1. The van der Waals surface area contributed by atoms with E-state index in [4.69, 9.17) is 5.41 Å². The van der Waals surface area contributed by atoms with Crippen molar-refractivity contribution in [3.8, 4) is 0 Å². The predicted molar refractivity (Wildman–Crippen MR) is 45.0 cm³/mol. The van der Waals surface area contributed by atoms with Crippen molar-refractivity contribution in [2.24, 2.45) is 5.92 Å². The van der Waals surface area contributed by atoms with Gasteiger partial charge in [-0.1, -0.05) is 31.7 Å². The Morgan fingerprint density at radius 1 is 1.56 bits per heavy atom. The summed E-state index contributed by atoms with van der Waals surface area (Å²) in [5, 5.41) is 10.0. The van der Waals surface area contributed by atoms with Gasteiger partial charge in [-0.25, -0.2) is 0 Å². The highest BCUT2D eigenvalue weighted by molar-refractivity contribution is 8.16. The lowest BCUT2D eigenvalue weighted by molar-refractivity contribution is 0.895. The van der Waals surface area contributed by atoms with E-state index < -0.39 is 0 Å². The Hall–Kier alpha value is -0.240. The Morgan fingerprint density at radius 3 is 2.44 bits per heavy atom. The van der Waals surface area contributed by atoms with Gasteiger partial charge in [-0.15, -0.1) is 0 Å². The summed E-state index contributed by atoms with van der Waals surface area (Å²) in [6.45, 7) is 6.01. The van der Waals surface area contributed by atoms with Gasteiger partial charge in [0.05, 0.1) is 5.04 Å². The first-order valence-corrected chi connectivity index (χ1v) is 3.92. The highest BCUT2D eigenvalue weighted by atomic mass is 32.2. The number of nitrogens with one attached hydrogen (secondary N) is 1. The lowest BCUT2D eigenvalue weighted by Crippen LogP contribution is -1.97. The van der Waals surface area contributed by atoms with Crippen LogP contribution < -0.4 is 0 Å². The molecule has 0 aromatic carbocycles. The zero-order valence-corrected chi connectivity index (χ0v) is 6.96. The van der Waals surface area contributed by atoms with Crippen molar-refractivity contribution in [2.45, 2.75) is 20.8 Å². The monoisotopic (exact) mass is 143 g/mol. The number of thioether (sulfide) groups is 1. The largest absolute Gasteiger partial charge is 0.298 e. The summed E-state index contributed by atoms with van der Waals surface area (Å²) >= 11 is 1.49. The van der Waals surface area contributed by atoms with Gasteiger partial charge in [0.1, 0.15) is 0 Å². The smallest absolute Gasteiger partial charge is 0.0708 e. The predicted octanol–water partition coefficient (Wildman–Crippen LogP) is 2.89. The molecule has 0 aliphatic heterocycles. The molecule has 1 nitrogen and oxygen atoms in total. The van der Waals surface area contributed by atoms with E-state index in [1.807, 2.05) is 32.3 Å². The van der Waals surface area contributed by atoms with Crippen LogP contribution in [0, 0.1) is 11.3 Å². The highest BCUT2D eigenvalue weighted by Gasteiger charge is 1.98. The molecule has 52 valence electrons. The van der Waals surface area contributed by atoms with Crippen LogP contribution >= 0.6 is 11.8 Å². The summed E-state index contributed by atoms with van der Waals surface area (Å²) in [5.41, 5.74) is 0. The zero-order valence-electron chi connectivity index (χ0n) is 6.14. The van der Waals surface area contributed by atoms with Crippen molar-refractivity contribution in [1.29, 1.82) is 5.41 Å². The van der Waals surface area contributed by atoms with Crippen LogP contribution in [0.5, 0.6) is 0 Å². The summed E-state index contributed by atoms with van der Waals surface area (Å²) in [7, 11) is 0. The van der Waals surface area contributed by atoms with Gasteiger partial charge in [-0.2, -0.15) is 0 Å². The van der Waals surface area contributed by atoms with Crippen molar-refractivity contribution >= 4 is 16.8 Å². The lowest BCUT2D eigenvalue weighted by atomic mass is 10.2. The molecule has 0 saturated carbocycles. The number of rotatable bonds is 2. The van der Waals surface area contributed by atoms with Crippen LogP contribution in [-0.4, -0.2) is 5.04 Å².